The molecule has 1 unspecified atom stereocenters. The lowest BCUT2D eigenvalue weighted by Gasteiger charge is -2.26. The van der Waals surface area contributed by atoms with E-state index in [1.807, 2.05) is 54.6 Å². The van der Waals surface area contributed by atoms with Gasteiger partial charge in [0.2, 0.25) is 0 Å². The number of carbonyl (C=O) groups excluding carboxylic acids is 1. The average Bonchev–Trinajstić information content (AvgIpc) is 3.16. The summed E-state index contributed by atoms with van der Waals surface area (Å²) < 4.78 is 10.9. The highest BCUT2D eigenvalue weighted by Gasteiger charge is 2.37. The van der Waals surface area contributed by atoms with Crippen LogP contribution in [0.2, 0.25) is 0 Å². The van der Waals surface area contributed by atoms with Crippen molar-refractivity contribution in [3.05, 3.63) is 65.7 Å². The van der Waals surface area contributed by atoms with Crippen molar-refractivity contribution in [1.29, 1.82) is 0 Å². The Morgan fingerprint density at radius 3 is 2.43 bits per heavy atom. The zero-order valence-corrected chi connectivity index (χ0v) is 17.9. The Balaban J connectivity index is 0.00000256. The van der Waals surface area contributed by atoms with Gasteiger partial charge in [-0.05, 0) is 29.7 Å². The maximum absolute atomic E-state index is 12.2. The Bertz CT molecular complexity index is 812. The summed E-state index contributed by atoms with van der Waals surface area (Å²) in [7, 11) is 0. The summed E-state index contributed by atoms with van der Waals surface area (Å²) in [6.45, 7) is 4.77. The highest BCUT2D eigenvalue weighted by Crippen LogP contribution is 2.32. The number of nitrogens with zero attached hydrogens (tertiary/aromatic N) is 2. The van der Waals surface area contributed by atoms with E-state index in [-0.39, 0.29) is 24.9 Å². The van der Waals surface area contributed by atoms with Crippen LogP contribution in [0.3, 0.4) is 0 Å². The maximum Gasteiger partial charge on any atom is 0.260 e. The normalized spacial score (nSPS) is 21.8. The molecule has 0 aliphatic carbocycles. The van der Waals surface area contributed by atoms with E-state index in [4.69, 9.17) is 9.47 Å². The number of β-amino-alcohol motifs (C(OH)–C–C–N with tert-alkyl or cyclic N) is 1. The van der Waals surface area contributed by atoms with Gasteiger partial charge in [0.15, 0.2) is 6.61 Å². The largest absolute Gasteiger partial charge is 0.484 e. The highest BCUT2D eigenvalue weighted by atomic mass is 35.5. The minimum absolute atomic E-state index is 0. The number of rotatable bonds is 6. The number of hydrogen-bond donors (Lipinski definition) is 1. The molecule has 0 aromatic heterocycles. The first kappa shape index (κ1) is 22.6. The average molecular weight is 433 g/mol. The van der Waals surface area contributed by atoms with Gasteiger partial charge in [0.05, 0.1) is 13.2 Å². The van der Waals surface area contributed by atoms with Crippen molar-refractivity contribution in [2.75, 3.05) is 46.0 Å². The van der Waals surface area contributed by atoms with Gasteiger partial charge in [-0.25, -0.2) is 0 Å². The Hall–Kier alpha value is -2.12. The van der Waals surface area contributed by atoms with Gasteiger partial charge in [-0.3, -0.25) is 9.69 Å². The van der Waals surface area contributed by atoms with E-state index in [2.05, 4.69) is 4.90 Å². The van der Waals surface area contributed by atoms with E-state index in [0.717, 1.165) is 30.6 Å². The standard InChI is InChI=1S/C23H28N2O4.ClH/c26-22(25-12-14-28-15-13-25)17-29-21-8-6-19(7-9-21)16-24-11-10-23(27,18-24)20-4-2-1-3-5-20;/h1-9,27H,10-18H2;1H. The maximum atomic E-state index is 12.2. The molecule has 0 bridgehead atoms. The minimum atomic E-state index is -0.774. The third-order valence-corrected chi connectivity index (χ3v) is 5.69. The summed E-state index contributed by atoms with van der Waals surface area (Å²) in [5.41, 5.74) is 1.37. The van der Waals surface area contributed by atoms with Gasteiger partial charge in [-0.1, -0.05) is 42.5 Å². The summed E-state index contributed by atoms with van der Waals surface area (Å²) >= 11 is 0. The zero-order valence-electron chi connectivity index (χ0n) is 17.0. The first-order valence-electron chi connectivity index (χ1n) is 10.2. The fourth-order valence-electron chi connectivity index (χ4n) is 3.99. The second-order valence-corrected chi connectivity index (χ2v) is 7.78. The number of morpholine rings is 1. The molecule has 2 aliphatic heterocycles. The van der Waals surface area contributed by atoms with Crippen molar-refractivity contribution in [3.8, 4) is 5.75 Å². The molecule has 0 spiro atoms. The van der Waals surface area contributed by atoms with Crippen LogP contribution in [0, 0.1) is 0 Å². The van der Waals surface area contributed by atoms with Crippen LogP contribution in [0.15, 0.2) is 54.6 Å². The van der Waals surface area contributed by atoms with Crippen LogP contribution in [0.4, 0.5) is 0 Å². The molecule has 0 radical (unpaired) electrons. The predicted octanol–water partition coefficient (Wildman–Crippen LogP) is 2.44. The van der Waals surface area contributed by atoms with Crippen LogP contribution < -0.4 is 4.74 Å². The molecule has 2 saturated heterocycles. The second kappa shape index (κ2) is 10.3. The lowest BCUT2D eigenvalue weighted by Crippen LogP contribution is -2.42. The smallest absolute Gasteiger partial charge is 0.260 e. The van der Waals surface area contributed by atoms with E-state index in [0.29, 0.717) is 38.6 Å². The molecule has 2 fully saturated rings. The number of carbonyl (C=O) groups is 1. The fraction of sp³-hybridized carbons (Fsp3) is 0.435. The number of aliphatic hydroxyl groups is 1. The summed E-state index contributed by atoms with van der Waals surface area (Å²) in [5.74, 6) is 0.687. The first-order valence-corrected chi connectivity index (χ1v) is 10.2. The van der Waals surface area contributed by atoms with Gasteiger partial charge in [0.25, 0.3) is 5.91 Å². The van der Waals surface area contributed by atoms with Crippen molar-refractivity contribution >= 4 is 18.3 Å². The van der Waals surface area contributed by atoms with E-state index in [1.165, 1.54) is 0 Å². The minimum Gasteiger partial charge on any atom is -0.484 e. The van der Waals surface area contributed by atoms with Crippen LogP contribution in [0.25, 0.3) is 0 Å². The molecule has 0 saturated carbocycles. The second-order valence-electron chi connectivity index (χ2n) is 7.78. The van der Waals surface area contributed by atoms with Crippen molar-refractivity contribution in [1.82, 2.24) is 9.80 Å². The molecular weight excluding hydrogens is 404 g/mol. The monoisotopic (exact) mass is 432 g/mol. The number of benzene rings is 2. The Morgan fingerprint density at radius 2 is 1.73 bits per heavy atom. The number of likely N-dealkylation sites (tertiary alicyclic amines) is 1. The number of hydrogen-bond acceptors (Lipinski definition) is 5. The third kappa shape index (κ3) is 5.52. The van der Waals surface area contributed by atoms with Crippen LogP contribution >= 0.6 is 12.4 Å². The van der Waals surface area contributed by atoms with Gasteiger partial charge in [0, 0.05) is 32.7 Å². The molecule has 1 atom stereocenters. The molecule has 2 aliphatic rings. The van der Waals surface area contributed by atoms with E-state index in [1.54, 1.807) is 4.90 Å². The van der Waals surface area contributed by atoms with Crippen LogP contribution in [-0.2, 0) is 21.7 Å². The fourth-order valence-corrected chi connectivity index (χ4v) is 3.99. The molecule has 1 amide bonds. The summed E-state index contributed by atoms with van der Waals surface area (Å²) in [4.78, 5) is 16.2. The molecular formula is C23H29ClN2O4. The van der Waals surface area contributed by atoms with Crippen LogP contribution in [0.1, 0.15) is 17.5 Å². The topological polar surface area (TPSA) is 62.2 Å². The predicted molar refractivity (Wildman–Crippen MR) is 117 cm³/mol. The lowest BCUT2D eigenvalue weighted by atomic mass is 9.93. The first-order chi connectivity index (χ1) is 14.1. The molecule has 162 valence electrons. The summed E-state index contributed by atoms with van der Waals surface area (Å²) in [5, 5.41) is 11.0. The van der Waals surface area contributed by atoms with Gasteiger partial charge in [-0.2, -0.15) is 0 Å². The number of amides is 1. The number of ether oxygens (including phenoxy) is 2. The van der Waals surface area contributed by atoms with Crippen molar-refractivity contribution in [2.45, 2.75) is 18.6 Å². The number of halogens is 1. The Kier molecular flexibility index (Phi) is 7.72. The SMILES string of the molecule is Cl.O=C(COc1ccc(CN2CCC(O)(c3ccccc3)C2)cc1)N1CCOCC1. The van der Waals surface area contributed by atoms with Crippen LogP contribution in [0.5, 0.6) is 5.75 Å². The van der Waals surface area contributed by atoms with Gasteiger partial charge < -0.3 is 19.5 Å². The molecule has 2 heterocycles. The van der Waals surface area contributed by atoms with Crippen molar-refractivity contribution < 1.29 is 19.4 Å². The molecule has 30 heavy (non-hydrogen) atoms. The van der Waals surface area contributed by atoms with Crippen molar-refractivity contribution in [3.63, 3.8) is 0 Å². The van der Waals surface area contributed by atoms with E-state index < -0.39 is 5.60 Å². The van der Waals surface area contributed by atoms with Gasteiger partial charge in [0.1, 0.15) is 11.4 Å². The molecule has 2 aromatic rings. The van der Waals surface area contributed by atoms with Crippen LogP contribution in [-0.4, -0.2) is 66.8 Å². The Morgan fingerprint density at radius 1 is 1.03 bits per heavy atom. The van der Waals surface area contributed by atoms with Gasteiger partial charge >= 0.3 is 0 Å². The zero-order chi connectivity index (χ0) is 20.1. The molecule has 4 rings (SSSR count). The highest BCUT2D eigenvalue weighted by molar-refractivity contribution is 5.85. The molecule has 7 heteroatoms. The van der Waals surface area contributed by atoms with Crippen molar-refractivity contribution in [2.24, 2.45) is 0 Å². The third-order valence-electron chi connectivity index (χ3n) is 5.69. The summed E-state index contributed by atoms with van der Waals surface area (Å²) in [6.07, 6.45) is 0.738. The Labute approximate surface area is 183 Å². The molecule has 1 N–H and O–H groups in total. The lowest BCUT2D eigenvalue weighted by molar-refractivity contribution is -0.137. The quantitative estimate of drug-likeness (QED) is 0.759. The summed E-state index contributed by atoms with van der Waals surface area (Å²) in [6, 6.07) is 17.8. The van der Waals surface area contributed by atoms with Gasteiger partial charge in [-0.15, -0.1) is 12.4 Å². The molecule has 6 nitrogen and oxygen atoms in total. The van der Waals surface area contributed by atoms with E-state index >= 15 is 0 Å². The van der Waals surface area contributed by atoms with E-state index in [9.17, 15) is 9.90 Å². The molecule has 2 aromatic carbocycles.